The minimum atomic E-state index is -0.421. The number of nitrogens with two attached hydrogens (primary N) is 1. The molecule has 2 heterocycles. The van der Waals surface area contributed by atoms with E-state index in [-0.39, 0.29) is 12.1 Å². The molecule has 1 aliphatic carbocycles. The second kappa shape index (κ2) is 6.10. The third-order valence-electron chi connectivity index (χ3n) is 4.11. The molecule has 2 aromatic rings. The van der Waals surface area contributed by atoms with Crippen molar-refractivity contribution in [1.29, 1.82) is 0 Å². The van der Waals surface area contributed by atoms with Gasteiger partial charge in [-0.3, -0.25) is 9.89 Å². The fourth-order valence-electron chi connectivity index (χ4n) is 2.85. The molecule has 0 bridgehead atoms. The van der Waals surface area contributed by atoms with Gasteiger partial charge in [-0.1, -0.05) is 0 Å². The van der Waals surface area contributed by atoms with Crippen molar-refractivity contribution in [2.24, 2.45) is 5.73 Å². The number of amides is 1. The van der Waals surface area contributed by atoms with Crippen molar-refractivity contribution in [3.63, 3.8) is 0 Å². The number of carbonyl (C=O) groups is 1. The van der Waals surface area contributed by atoms with E-state index >= 15 is 0 Å². The number of aromatic nitrogens is 2. The lowest BCUT2D eigenvalue weighted by atomic mass is 9.93. The summed E-state index contributed by atoms with van der Waals surface area (Å²) in [5.74, 6) is -0.421. The third-order valence-corrected chi connectivity index (χ3v) is 5.29. The van der Waals surface area contributed by atoms with Gasteiger partial charge in [0.15, 0.2) is 0 Å². The van der Waals surface area contributed by atoms with Crippen LogP contribution in [0.5, 0.6) is 0 Å². The molecule has 0 spiro atoms. The molecule has 7 heteroatoms. The highest BCUT2D eigenvalue weighted by molar-refractivity contribution is 7.18. The van der Waals surface area contributed by atoms with E-state index in [9.17, 15) is 9.90 Å². The number of anilines is 1. The van der Waals surface area contributed by atoms with Gasteiger partial charge in [-0.05, 0) is 38.7 Å². The molecular formula is C15H20N4O2S. The summed E-state index contributed by atoms with van der Waals surface area (Å²) in [5, 5.41) is 19.9. The van der Waals surface area contributed by atoms with Crippen molar-refractivity contribution in [2.75, 3.05) is 5.32 Å². The number of thiophene rings is 1. The highest BCUT2D eigenvalue weighted by Crippen LogP contribution is 2.36. The van der Waals surface area contributed by atoms with Crippen LogP contribution in [0.4, 0.5) is 5.69 Å². The van der Waals surface area contributed by atoms with E-state index in [1.807, 2.05) is 13.0 Å². The van der Waals surface area contributed by atoms with E-state index < -0.39 is 5.91 Å². The molecule has 0 unspecified atom stereocenters. The number of aryl methyl sites for hydroxylation is 1. The summed E-state index contributed by atoms with van der Waals surface area (Å²) in [6.07, 6.45) is 4.94. The first-order valence-electron chi connectivity index (χ1n) is 7.43. The minimum Gasteiger partial charge on any atom is -0.393 e. The predicted octanol–water partition coefficient (Wildman–Crippen LogP) is 2.26. The topological polar surface area (TPSA) is 104 Å². The molecular weight excluding hydrogens is 300 g/mol. The van der Waals surface area contributed by atoms with E-state index in [1.54, 1.807) is 6.20 Å². The Bertz CT molecular complexity index is 671. The molecule has 5 N–H and O–H groups in total. The number of nitrogens with one attached hydrogen (secondary N) is 2. The van der Waals surface area contributed by atoms with Gasteiger partial charge in [-0.2, -0.15) is 5.10 Å². The van der Waals surface area contributed by atoms with Gasteiger partial charge >= 0.3 is 0 Å². The Labute approximate surface area is 132 Å². The average Bonchev–Trinajstić information content (AvgIpc) is 3.07. The van der Waals surface area contributed by atoms with Crippen LogP contribution in [0.2, 0.25) is 0 Å². The van der Waals surface area contributed by atoms with Crippen molar-refractivity contribution in [2.45, 2.75) is 44.8 Å². The Morgan fingerprint density at radius 1 is 1.45 bits per heavy atom. The number of aliphatic hydroxyl groups excluding tert-OH is 1. The van der Waals surface area contributed by atoms with E-state index in [4.69, 9.17) is 5.73 Å². The Morgan fingerprint density at radius 2 is 2.18 bits per heavy atom. The largest absolute Gasteiger partial charge is 0.393 e. The van der Waals surface area contributed by atoms with Gasteiger partial charge in [0.1, 0.15) is 4.88 Å². The first-order chi connectivity index (χ1) is 10.5. The Kier molecular flexibility index (Phi) is 4.17. The molecule has 1 fully saturated rings. The van der Waals surface area contributed by atoms with Gasteiger partial charge in [-0.15, -0.1) is 11.3 Å². The van der Waals surface area contributed by atoms with Gasteiger partial charge in [-0.25, -0.2) is 0 Å². The summed E-state index contributed by atoms with van der Waals surface area (Å²) in [4.78, 5) is 13.2. The second-order valence-electron chi connectivity index (χ2n) is 5.78. The van der Waals surface area contributed by atoms with Crippen LogP contribution < -0.4 is 11.1 Å². The van der Waals surface area contributed by atoms with Crippen molar-refractivity contribution >= 4 is 22.9 Å². The molecule has 0 radical (unpaired) electrons. The lowest BCUT2D eigenvalue weighted by Crippen LogP contribution is -2.28. The van der Waals surface area contributed by atoms with Crippen LogP contribution in [0.15, 0.2) is 12.3 Å². The normalized spacial score (nSPS) is 21.7. The predicted molar refractivity (Wildman–Crippen MR) is 87.0 cm³/mol. The molecule has 0 saturated heterocycles. The molecule has 1 amide bonds. The molecule has 1 saturated carbocycles. The molecule has 118 valence electrons. The Morgan fingerprint density at radius 3 is 2.77 bits per heavy atom. The Hall–Kier alpha value is -1.86. The fourth-order valence-corrected chi connectivity index (χ4v) is 3.89. The maximum Gasteiger partial charge on any atom is 0.260 e. The number of nitrogens with zero attached hydrogens (tertiary/aromatic N) is 1. The van der Waals surface area contributed by atoms with Crippen LogP contribution in [0, 0.1) is 6.92 Å². The first-order valence-corrected chi connectivity index (χ1v) is 8.25. The van der Waals surface area contributed by atoms with Gasteiger partial charge < -0.3 is 16.2 Å². The van der Waals surface area contributed by atoms with Crippen LogP contribution in [-0.4, -0.2) is 33.4 Å². The summed E-state index contributed by atoms with van der Waals surface area (Å²) >= 11 is 1.38. The number of carbonyl (C=O) groups excluding carboxylic acids is 1. The number of aromatic amines is 1. The number of aliphatic hydroxyl groups is 1. The molecule has 0 atom stereocenters. The van der Waals surface area contributed by atoms with Gasteiger partial charge in [0.25, 0.3) is 5.91 Å². The monoisotopic (exact) mass is 320 g/mol. The maximum atomic E-state index is 11.7. The third kappa shape index (κ3) is 3.00. The van der Waals surface area contributed by atoms with Crippen LogP contribution in [0.25, 0.3) is 10.4 Å². The molecule has 1 aliphatic rings. The summed E-state index contributed by atoms with van der Waals surface area (Å²) < 4.78 is 0. The standard InChI is InChI=1S/C15H20N4O2S/c1-8-11(7-17-19-8)13-6-12(14(22-13)15(16)21)18-9-2-4-10(20)5-3-9/h6-7,9-10,18,20H,2-5H2,1H3,(H2,16,21)(H,17,19). The number of hydrogen-bond donors (Lipinski definition) is 4. The molecule has 22 heavy (non-hydrogen) atoms. The highest BCUT2D eigenvalue weighted by Gasteiger charge is 2.23. The number of hydrogen-bond acceptors (Lipinski definition) is 5. The van der Waals surface area contributed by atoms with Crippen LogP contribution in [-0.2, 0) is 0 Å². The maximum absolute atomic E-state index is 11.7. The van der Waals surface area contributed by atoms with E-state index in [0.717, 1.165) is 47.5 Å². The van der Waals surface area contributed by atoms with Crippen LogP contribution in [0.3, 0.4) is 0 Å². The first kappa shape index (κ1) is 15.1. The molecule has 0 aromatic carbocycles. The highest BCUT2D eigenvalue weighted by atomic mass is 32.1. The van der Waals surface area contributed by atoms with Crippen molar-refractivity contribution in [1.82, 2.24) is 10.2 Å². The van der Waals surface area contributed by atoms with Crippen molar-refractivity contribution in [3.8, 4) is 10.4 Å². The van der Waals surface area contributed by atoms with Crippen molar-refractivity contribution < 1.29 is 9.90 Å². The zero-order valence-corrected chi connectivity index (χ0v) is 13.2. The molecule has 0 aliphatic heterocycles. The minimum absolute atomic E-state index is 0.194. The van der Waals surface area contributed by atoms with Gasteiger partial charge in [0.2, 0.25) is 0 Å². The summed E-state index contributed by atoms with van der Waals surface area (Å²) in [5.41, 5.74) is 8.25. The zero-order valence-electron chi connectivity index (χ0n) is 12.4. The second-order valence-corrected chi connectivity index (χ2v) is 6.83. The Balaban J connectivity index is 1.85. The van der Waals surface area contributed by atoms with Crippen LogP contribution >= 0.6 is 11.3 Å². The quantitative estimate of drug-likeness (QED) is 0.693. The zero-order chi connectivity index (χ0) is 15.7. The number of H-pyrrole nitrogens is 1. The molecule has 2 aromatic heterocycles. The van der Waals surface area contributed by atoms with E-state index in [1.165, 1.54) is 11.3 Å². The SMILES string of the molecule is Cc1[nH]ncc1-c1cc(NC2CCC(O)CC2)c(C(N)=O)s1. The van der Waals surface area contributed by atoms with E-state index in [2.05, 4.69) is 15.5 Å². The lowest BCUT2D eigenvalue weighted by molar-refractivity contribution is 0.100. The van der Waals surface area contributed by atoms with Crippen molar-refractivity contribution in [3.05, 3.63) is 22.8 Å². The van der Waals surface area contributed by atoms with E-state index in [0.29, 0.717) is 4.88 Å². The average molecular weight is 320 g/mol. The lowest BCUT2D eigenvalue weighted by Gasteiger charge is -2.26. The summed E-state index contributed by atoms with van der Waals surface area (Å²) in [7, 11) is 0. The molecule has 6 nitrogen and oxygen atoms in total. The summed E-state index contributed by atoms with van der Waals surface area (Å²) in [6, 6.07) is 2.24. The van der Waals surface area contributed by atoms with Gasteiger partial charge in [0, 0.05) is 22.2 Å². The number of primary amides is 1. The summed E-state index contributed by atoms with van der Waals surface area (Å²) in [6.45, 7) is 1.95. The van der Waals surface area contributed by atoms with Gasteiger partial charge in [0.05, 0.1) is 18.0 Å². The van der Waals surface area contributed by atoms with Crippen LogP contribution in [0.1, 0.15) is 41.0 Å². The molecule has 3 rings (SSSR count). The smallest absolute Gasteiger partial charge is 0.260 e. The fraction of sp³-hybridized carbons (Fsp3) is 0.467. The number of rotatable bonds is 4.